The average Bonchev–Trinajstić information content (AvgIpc) is 2.42. The van der Waals surface area contributed by atoms with Gasteiger partial charge in [-0.3, -0.25) is 4.79 Å². The molecule has 2 aromatic rings. The van der Waals surface area contributed by atoms with Crippen molar-refractivity contribution in [3.8, 4) is 0 Å². The Morgan fingerprint density at radius 2 is 1.75 bits per heavy atom. The van der Waals surface area contributed by atoms with Crippen molar-refractivity contribution in [2.45, 2.75) is 12.5 Å². The molecule has 1 atom stereocenters. The molecule has 0 spiro atoms. The van der Waals surface area contributed by atoms with Gasteiger partial charge in [0.1, 0.15) is 0 Å². The molecule has 0 aromatic heterocycles. The Kier molecular flexibility index (Phi) is 3.45. The monoisotopic (exact) mass is 305 g/mol. The number of fused-ring (bicyclic) bond motifs is 1. The molecule has 0 N–H and O–H groups in total. The van der Waals surface area contributed by atoms with Crippen LogP contribution in [0, 0.1) is 0 Å². The van der Waals surface area contributed by atoms with Crippen molar-refractivity contribution in [1.82, 2.24) is 4.90 Å². The number of benzene rings is 2. The van der Waals surface area contributed by atoms with E-state index in [9.17, 15) is 4.79 Å². The van der Waals surface area contributed by atoms with E-state index in [4.69, 9.17) is 23.2 Å². The second-order valence-electron chi connectivity index (χ2n) is 5.00. The van der Waals surface area contributed by atoms with Crippen molar-refractivity contribution < 1.29 is 4.79 Å². The molecule has 1 aliphatic heterocycles. The van der Waals surface area contributed by atoms with Gasteiger partial charge in [-0.2, -0.15) is 0 Å². The summed E-state index contributed by atoms with van der Waals surface area (Å²) in [5.74, 6) is 0.0351. The van der Waals surface area contributed by atoms with Crippen molar-refractivity contribution in [1.29, 1.82) is 0 Å². The Morgan fingerprint density at radius 3 is 2.45 bits per heavy atom. The molecule has 1 aliphatic rings. The third-order valence-corrected chi connectivity index (χ3v) is 4.15. The maximum absolute atomic E-state index is 12.4. The Hall–Kier alpha value is -1.51. The van der Waals surface area contributed by atoms with Crippen LogP contribution in [0.1, 0.15) is 27.5 Å². The molecule has 0 aliphatic carbocycles. The smallest absolute Gasteiger partial charge is 0.254 e. The molecule has 4 heteroatoms. The van der Waals surface area contributed by atoms with Crippen LogP contribution < -0.4 is 0 Å². The van der Waals surface area contributed by atoms with Gasteiger partial charge in [0, 0.05) is 22.7 Å². The van der Waals surface area contributed by atoms with Gasteiger partial charge in [-0.1, -0.05) is 41.4 Å². The van der Waals surface area contributed by atoms with Gasteiger partial charge in [0.15, 0.2) is 0 Å². The zero-order valence-corrected chi connectivity index (χ0v) is 12.4. The zero-order chi connectivity index (χ0) is 14.3. The van der Waals surface area contributed by atoms with Crippen molar-refractivity contribution in [3.63, 3.8) is 0 Å². The molecule has 1 unspecified atom stereocenters. The second kappa shape index (κ2) is 5.12. The molecular formula is C16H13Cl2NO. The topological polar surface area (TPSA) is 20.3 Å². The molecule has 2 aromatic carbocycles. The summed E-state index contributed by atoms with van der Waals surface area (Å²) in [4.78, 5) is 14.2. The predicted octanol–water partition coefficient (Wildman–Crippen LogP) is 4.36. The lowest BCUT2D eigenvalue weighted by Gasteiger charge is -2.34. The first-order valence-electron chi connectivity index (χ1n) is 6.37. The molecule has 0 fully saturated rings. The van der Waals surface area contributed by atoms with Crippen LogP contribution in [0.2, 0.25) is 10.0 Å². The van der Waals surface area contributed by atoms with Crippen LogP contribution >= 0.6 is 23.2 Å². The number of amides is 1. The van der Waals surface area contributed by atoms with Gasteiger partial charge in [-0.05, 0) is 41.8 Å². The van der Waals surface area contributed by atoms with E-state index in [2.05, 4.69) is 0 Å². The number of hydrogen-bond donors (Lipinski definition) is 0. The SMILES string of the molecule is CN1C(=O)c2ccccc2CC1c1cc(Cl)cc(Cl)c1. The van der Waals surface area contributed by atoms with Crippen molar-refractivity contribution in [3.05, 3.63) is 69.2 Å². The summed E-state index contributed by atoms with van der Waals surface area (Å²) in [5.41, 5.74) is 2.81. The van der Waals surface area contributed by atoms with Gasteiger partial charge in [-0.15, -0.1) is 0 Å². The van der Waals surface area contributed by atoms with Crippen LogP contribution in [0.25, 0.3) is 0 Å². The van der Waals surface area contributed by atoms with E-state index in [0.29, 0.717) is 10.0 Å². The van der Waals surface area contributed by atoms with Crippen LogP contribution in [0.4, 0.5) is 0 Å². The van der Waals surface area contributed by atoms with Crippen LogP contribution in [-0.4, -0.2) is 17.9 Å². The molecule has 1 heterocycles. The Balaban J connectivity index is 2.06. The fraction of sp³-hybridized carbons (Fsp3) is 0.188. The fourth-order valence-corrected chi connectivity index (χ4v) is 3.24. The summed E-state index contributed by atoms with van der Waals surface area (Å²) in [6, 6.07) is 13.1. The van der Waals surface area contributed by atoms with Crippen molar-refractivity contribution >= 4 is 29.1 Å². The highest BCUT2D eigenvalue weighted by Gasteiger charge is 2.30. The first-order chi connectivity index (χ1) is 9.56. The molecule has 3 rings (SSSR count). The zero-order valence-electron chi connectivity index (χ0n) is 10.9. The molecule has 0 bridgehead atoms. The number of hydrogen-bond acceptors (Lipinski definition) is 1. The van der Waals surface area contributed by atoms with Gasteiger partial charge in [0.05, 0.1) is 6.04 Å². The van der Waals surface area contributed by atoms with Gasteiger partial charge in [0.25, 0.3) is 5.91 Å². The number of rotatable bonds is 1. The lowest BCUT2D eigenvalue weighted by molar-refractivity contribution is 0.0705. The highest BCUT2D eigenvalue weighted by atomic mass is 35.5. The summed E-state index contributed by atoms with van der Waals surface area (Å²) in [7, 11) is 1.82. The summed E-state index contributed by atoms with van der Waals surface area (Å²) < 4.78 is 0. The maximum atomic E-state index is 12.4. The average molecular weight is 306 g/mol. The molecule has 0 saturated carbocycles. The molecule has 0 saturated heterocycles. The van der Waals surface area contributed by atoms with Crippen LogP contribution in [0.5, 0.6) is 0 Å². The summed E-state index contributed by atoms with van der Waals surface area (Å²) in [6.45, 7) is 0. The van der Waals surface area contributed by atoms with Crippen LogP contribution in [0.15, 0.2) is 42.5 Å². The van der Waals surface area contributed by atoms with Crippen LogP contribution in [-0.2, 0) is 6.42 Å². The Bertz CT molecular complexity index is 664. The lowest BCUT2D eigenvalue weighted by atomic mass is 9.90. The molecule has 102 valence electrons. The molecular weight excluding hydrogens is 293 g/mol. The van der Waals surface area contributed by atoms with E-state index in [1.165, 1.54) is 0 Å². The first kappa shape index (κ1) is 13.5. The van der Waals surface area contributed by atoms with E-state index in [1.54, 1.807) is 11.0 Å². The molecule has 1 amide bonds. The number of nitrogens with zero attached hydrogens (tertiary/aromatic N) is 1. The van der Waals surface area contributed by atoms with E-state index < -0.39 is 0 Å². The van der Waals surface area contributed by atoms with Gasteiger partial charge in [-0.25, -0.2) is 0 Å². The second-order valence-corrected chi connectivity index (χ2v) is 5.87. The summed E-state index contributed by atoms with van der Waals surface area (Å²) >= 11 is 12.1. The number of carbonyl (C=O) groups excluding carboxylic acids is 1. The minimum Gasteiger partial charge on any atom is -0.334 e. The number of carbonyl (C=O) groups is 1. The largest absolute Gasteiger partial charge is 0.334 e. The van der Waals surface area contributed by atoms with Crippen LogP contribution in [0.3, 0.4) is 0 Å². The maximum Gasteiger partial charge on any atom is 0.254 e. The summed E-state index contributed by atoms with van der Waals surface area (Å²) in [5, 5.41) is 1.18. The Labute approximate surface area is 127 Å². The number of halogens is 2. The predicted molar refractivity (Wildman–Crippen MR) is 81.4 cm³/mol. The molecule has 2 nitrogen and oxygen atoms in total. The Morgan fingerprint density at radius 1 is 1.10 bits per heavy atom. The van der Waals surface area contributed by atoms with Gasteiger partial charge in [0.2, 0.25) is 0 Å². The normalized spacial score (nSPS) is 18.1. The van der Waals surface area contributed by atoms with Crippen molar-refractivity contribution in [2.24, 2.45) is 0 Å². The van der Waals surface area contributed by atoms with E-state index in [0.717, 1.165) is 23.1 Å². The van der Waals surface area contributed by atoms with E-state index in [1.807, 2.05) is 43.4 Å². The van der Waals surface area contributed by atoms with E-state index >= 15 is 0 Å². The summed E-state index contributed by atoms with van der Waals surface area (Å²) in [6.07, 6.45) is 0.773. The lowest BCUT2D eigenvalue weighted by Crippen LogP contribution is -2.37. The molecule has 20 heavy (non-hydrogen) atoms. The van der Waals surface area contributed by atoms with Gasteiger partial charge < -0.3 is 4.90 Å². The fourth-order valence-electron chi connectivity index (χ4n) is 2.69. The van der Waals surface area contributed by atoms with E-state index in [-0.39, 0.29) is 11.9 Å². The molecule has 0 radical (unpaired) electrons. The quantitative estimate of drug-likeness (QED) is 0.766. The third kappa shape index (κ3) is 2.30. The highest BCUT2D eigenvalue weighted by molar-refractivity contribution is 6.34. The first-order valence-corrected chi connectivity index (χ1v) is 7.13. The standard InChI is InChI=1S/C16H13Cl2NO/c1-19-15(11-6-12(17)9-13(18)7-11)8-10-4-2-3-5-14(10)16(19)20/h2-7,9,15H,8H2,1H3. The van der Waals surface area contributed by atoms with Gasteiger partial charge >= 0.3 is 0 Å². The minimum absolute atomic E-state index is 0.0337. The van der Waals surface area contributed by atoms with Crippen molar-refractivity contribution in [2.75, 3.05) is 7.05 Å². The highest BCUT2D eigenvalue weighted by Crippen LogP contribution is 2.34. The third-order valence-electron chi connectivity index (χ3n) is 3.72. The minimum atomic E-state index is -0.0337. The number of likely N-dealkylation sites (N-methyl/N-ethyl adjacent to an activating group) is 1.